The predicted molar refractivity (Wildman–Crippen MR) is 64.1 cm³/mol. The minimum atomic E-state index is -1.20. The van der Waals surface area contributed by atoms with E-state index in [0.29, 0.717) is 16.8 Å². The van der Waals surface area contributed by atoms with E-state index in [9.17, 15) is 9.18 Å². The summed E-state index contributed by atoms with van der Waals surface area (Å²) in [4.78, 5) is 18.6. The van der Waals surface area contributed by atoms with Gasteiger partial charge in [-0.05, 0) is 42.3 Å². The molecule has 0 aliphatic rings. The van der Waals surface area contributed by atoms with Crippen molar-refractivity contribution < 1.29 is 14.3 Å². The maximum Gasteiger partial charge on any atom is 0.335 e. The van der Waals surface area contributed by atoms with Crippen molar-refractivity contribution >= 4 is 17.6 Å². The molecule has 1 aromatic carbocycles. The summed E-state index contributed by atoms with van der Waals surface area (Å²) in [7, 11) is 0. The number of hydrogen-bond donors (Lipinski definition) is 1. The van der Waals surface area contributed by atoms with Crippen LogP contribution in [0, 0.1) is 12.7 Å². The van der Waals surface area contributed by atoms with Gasteiger partial charge in [0.25, 0.3) is 0 Å². The number of carbonyl (C=O) groups is 1. The third-order valence-corrected chi connectivity index (χ3v) is 2.54. The number of aryl methyl sites for hydroxylation is 1. The zero-order chi connectivity index (χ0) is 13.3. The van der Waals surface area contributed by atoms with Crippen molar-refractivity contribution in [2.75, 3.05) is 0 Å². The first-order valence-electron chi connectivity index (χ1n) is 5.01. The SMILES string of the molecule is Cc1cnc(Cl)nc1-c1cc(F)cc(C(=O)O)c1. The average molecular weight is 267 g/mol. The summed E-state index contributed by atoms with van der Waals surface area (Å²) in [5.74, 6) is -1.84. The highest BCUT2D eigenvalue weighted by molar-refractivity contribution is 6.28. The molecule has 0 bridgehead atoms. The van der Waals surface area contributed by atoms with Crippen LogP contribution in [-0.4, -0.2) is 21.0 Å². The van der Waals surface area contributed by atoms with Gasteiger partial charge in [-0.15, -0.1) is 0 Å². The second-order valence-electron chi connectivity index (χ2n) is 3.70. The summed E-state index contributed by atoms with van der Waals surface area (Å²) in [6, 6.07) is 3.50. The Morgan fingerprint density at radius 3 is 2.78 bits per heavy atom. The fraction of sp³-hybridized carbons (Fsp3) is 0.0833. The molecule has 0 aliphatic carbocycles. The Labute approximate surface area is 107 Å². The Morgan fingerprint density at radius 2 is 2.11 bits per heavy atom. The van der Waals surface area contributed by atoms with Crippen molar-refractivity contribution in [2.45, 2.75) is 6.92 Å². The molecule has 92 valence electrons. The van der Waals surface area contributed by atoms with E-state index < -0.39 is 11.8 Å². The molecule has 4 nitrogen and oxygen atoms in total. The van der Waals surface area contributed by atoms with Gasteiger partial charge in [0, 0.05) is 11.8 Å². The molecule has 2 aromatic rings. The number of aromatic nitrogens is 2. The van der Waals surface area contributed by atoms with Crippen LogP contribution in [0.15, 0.2) is 24.4 Å². The van der Waals surface area contributed by atoms with E-state index in [2.05, 4.69) is 9.97 Å². The van der Waals surface area contributed by atoms with Crippen molar-refractivity contribution in [1.29, 1.82) is 0 Å². The third-order valence-electron chi connectivity index (χ3n) is 2.36. The van der Waals surface area contributed by atoms with Crippen molar-refractivity contribution in [3.8, 4) is 11.3 Å². The summed E-state index contributed by atoms with van der Waals surface area (Å²) < 4.78 is 13.4. The van der Waals surface area contributed by atoms with E-state index in [1.165, 1.54) is 18.3 Å². The molecule has 0 atom stereocenters. The first-order chi connectivity index (χ1) is 8.47. The number of aromatic carboxylic acids is 1. The van der Waals surface area contributed by atoms with Crippen LogP contribution in [0.3, 0.4) is 0 Å². The summed E-state index contributed by atoms with van der Waals surface area (Å²) in [5, 5.41) is 8.90. The van der Waals surface area contributed by atoms with E-state index in [1.54, 1.807) is 6.92 Å². The van der Waals surface area contributed by atoms with Gasteiger partial charge in [-0.2, -0.15) is 0 Å². The van der Waals surface area contributed by atoms with Gasteiger partial charge in [-0.1, -0.05) is 0 Å². The van der Waals surface area contributed by atoms with E-state index in [4.69, 9.17) is 16.7 Å². The lowest BCUT2D eigenvalue weighted by Gasteiger charge is -2.06. The van der Waals surface area contributed by atoms with Crippen molar-refractivity contribution in [3.63, 3.8) is 0 Å². The predicted octanol–water partition coefficient (Wildman–Crippen LogP) is 2.94. The number of carboxylic acids is 1. The maximum atomic E-state index is 13.4. The van der Waals surface area contributed by atoms with Gasteiger partial charge in [-0.25, -0.2) is 19.2 Å². The maximum absolute atomic E-state index is 13.4. The number of halogens is 2. The average Bonchev–Trinajstić information content (AvgIpc) is 2.31. The summed E-state index contributed by atoms with van der Waals surface area (Å²) in [6.45, 7) is 1.73. The lowest BCUT2D eigenvalue weighted by molar-refractivity contribution is 0.0696. The number of hydrogen-bond acceptors (Lipinski definition) is 3. The summed E-state index contributed by atoms with van der Waals surface area (Å²) in [5.41, 5.74) is 1.31. The van der Waals surface area contributed by atoms with Crippen LogP contribution in [0.25, 0.3) is 11.3 Å². The van der Waals surface area contributed by atoms with Gasteiger partial charge in [0.15, 0.2) is 0 Å². The molecule has 0 aliphatic heterocycles. The van der Waals surface area contributed by atoms with Crippen LogP contribution < -0.4 is 0 Å². The number of rotatable bonds is 2. The number of carboxylic acid groups (broad SMARTS) is 1. The van der Waals surface area contributed by atoms with Gasteiger partial charge >= 0.3 is 5.97 Å². The molecule has 1 heterocycles. The summed E-state index contributed by atoms with van der Waals surface area (Å²) in [6.07, 6.45) is 1.50. The first kappa shape index (κ1) is 12.4. The quantitative estimate of drug-likeness (QED) is 0.849. The van der Waals surface area contributed by atoms with Gasteiger partial charge in [0.2, 0.25) is 5.28 Å². The van der Waals surface area contributed by atoms with Crippen LogP contribution in [0.5, 0.6) is 0 Å². The Bertz CT molecular complexity index is 631. The molecule has 18 heavy (non-hydrogen) atoms. The highest BCUT2D eigenvalue weighted by atomic mass is 35.5. The topological polar surface area (TPSA) is 63.1 Å². The molecule has 0 spiro atoms. The van der Waals surface area contributed by atoms with Gasteiger partial charge in [-0.3, -0.25) is 0 Å². The molecule has 2 rings (SSSR count). The molecule has 0 unspecified atom stereocenters. The molecule has 1 N–H and O–H groups in total. The van der Waals surface area contributed by atoms with Crippen molar-refractivity contribution in [2.24, 2.45) is 0 Å². The minimum absolute atomic E-state index is 0.0248. The van der Waals surface area contributed by atoms with Gasteiger partial charge in [0.1, 0.15) is 5.82 Å². The molecule has 0 radical (unpaired) electrons. The first-order valence-corrected chi connectivity index (χ1v) is 5.38. The lowest BCUT2D eigenvalue weighted by Crippen LogP contribution is -1.99. The molecule has 0 saturated carbocycles. The Balaban J connectivity index is 2.63. The monoisotopic (exact) mass is 266 g/mol. The molecule has 0 amide bonds. The van der Waals surface area contributed by atoms with Crippen molar-refractivity contribution in [3.05, 3.63) is 46.6 Å². The Kier molecular flexibility index (Phi) is 3.25. The fourth-order valence-electron chi connectivity index (χ4n) is 1.56. The number of benzene rings is 1. The van der Waals surface area contributed by atoms with Crippen LogP contribution in [0.4, 0.5) is 4.39 Å². The molecule has 0 saturated heterocycles. The zero-order valence-electron chi connectivity index (χ0n) is 9.32. The molecule has 1 aromatic heterocycles. The second-order valence-corrected chi connectivity index (χ2v) is 4.04. The van der Waals surface area contributed by atoms with Gasteiger partial charge < -0.3 is 5.11 Å². The molecule has 0 fully saturated rings. The van der Waals surface area contributed by atoms with Crippen LogP contribution in [0.1, 0.15) is 15.9 Å². The van der Waals surface area contributed by atoms with E-state index >= 15 is 0 Å². The van der Waals surface area contributed by atoms with Crippen LogP contribution in [0.2, 0.25) is 5.28 Å². The minimum Gasteiger partial charge on any atom is -0.478 e. The standard InChI is InChI=1S/C12H8ClFN2O2/c1-6-5-15-12(13)16-10(6)7-2-8(11(17)18)4-9(14)3-7/h2-5H,1H3,(H,17,18). The Hall–Kier alpha value is -2.01. The highest BCUT2D eigenvalue weighted by Crippen LogP contribution is 2.24. The third kappa shape index (κ3) is 2.46. The van der Waals surface area contributed by atoms with Gasteiger partial charge in [0.05, 0.1) is 11.3 Å². The molecular weight excluding hydrogens is 259 g/mol. The van der Waals surface area contributed by atoms with E-state index in [0.717, 1.165) is 6.07 Å². The highest BCUT2D eigenvalue weighted by Gasteiger charge is 2.11. The van der Waals surface area contributed by atoms with E-state index in [-0.39, 0.29) is 10.8 Å². The normalized spacial score (nSPS) is 10.4. The fourth-order valence-corrected chi connectivity index (χ4v) is 1.70. The lowest BCUT2D eigenvalue weighted by atomic mass is 10.0. The Morgan fingerprint density at radius 1 is 1.39 bits per heavy atom. The largest absolute Gasteiger partial charge is 0.478 e. The summed E-state index contributed by atoms with van der Waals surface area (Å²) >= 11 is 5.68. The number of nitrogens with zero attached hydrogens (tertiary/aromatic N) is 2. The van der Waals surface area contributed by atoms with Crippen molar-refractivity contribution in [1.82, 2.24) is 9.97 Å². The van der Waals surface area contributed by atoms with Crippen LogP contribution in [-0.2, 0) is 0 Å². The van der Waals surface area contributed by atoms with E-state index in [1.807, 2.05) is 0 Å². The molecule has 6 heteroatoms. The zero-order valence-corrected chi connectivity index (χ0v) is 10.1. The molecular formula is C12H8ClFN2O2. The smallest absolute Gasteiger partial charge is 0.335 e. The second kappa shape index (κ2) is 4.70. The van der Waals surface area contributed by atoms with Crippen LogP contribution >= 0.6 is 11.6 Å².